The van der Waals surface area contributed by atoms with Crippen LogP contribution in [-0.2, 0) is 16.1 Å². The van der Waals surface area contributed by atoms with Gasteiger partial charge in [-0.25, -0.2) is 4.79 Å². The standard InChI is InChI=1S/C26H29F5N2O3/c27-25(28,29)12-11-18-1-6-20(7-2-18)26(30,31)36-23-8-3-17(4-9-23)5-10-24(34)35-16-19-13-21(32)15-22(33)14-19/h3-5,8-10,13-15,18,20H,1-2,6-7,11-12,16,32-33H2/b10-5+. The molecule has 2 aromatic rings. The Hall–Kier alpha value is -3.30. The van der Waals surface area contributed by atoms with Crippen LogP contribution in [-0.4, -0.2) is 18.3 Å². The van der Waals surface area contributed by atoms with E-state index in [-0.39, 0.29) is 37.5 Å². The molecule has 0 atom stereocenters. The van der Waals surface area contributed by atoms with Crippen molar-refractivity contribution in [1.29, 1.82) is 0 Å². The van der Waals surface area contributed by atoms with Gasteiger partial charge in [0.1, 0.15) is 12.4 Å². The number of halogens is 5. The number of anilines is 2. The molecule has 0 unspecified atom stereocenters. The highest BCUT2D eigenvalue weighted by molar-refractivity contribution is 5.87. The summed E-state index contributed by atoms with van der Waals surface area (Å²) in [5, 5.41) is 0. The number of carbonyl (C=O) groups is 1. The molecule has 0 amide bonds. The number of ether oxygens (including phenoxy) is 2. The van der Waals surface area contributed by atoms with E-state index < -0.39 is 30.6 Å². The molecule has 2 aromatic carbocycles. The molecule has 0 aliphatic heterocycles. The molecule has 0 spiro atoms. The number of alkyl halides is 5. The SMILES string of the molecule is Nc1cc(N)cc(COC(=O)/C=C/c2ccc(OC(F)(F)C3CCC(CCC(F)(F)F)CC3)cc2)c1. The van der Waals surface area contributed by atoms with E-state index in [1.165, 1.54) is 36.4 Å². The van der Waals surface area contributed by atoms with Crippen molar-refractivity contribution in [2.24, 2.45) is 11.8 Å². The Kier molecular flexibility index (Phi) is 8.81. The zero-order chi connectivity index (χ0) is 26.3. The minimum Gasteiger partial charge on any atom is -0.458 e. The lowest BCUT2D eigenvalue weighted by Crippen LogP contribution is -2.37. The van der Waals surface area contributed by atoms with Crippen LogP contribution in [0.15, 0.2) is 48.5 Å². The minimum absolute atomic E-state index is 0.00941. The summed E-state index contributed by atoms with van der Waals surface area (Å²) in [5.74, 6) is -1.89. The van der Waals surface area contributed by atoms with Crippen molar-refractivity contribution in [3.63, 3.8) is 0 Å². The van der Waals surface area contributed by atoms with Gasteiger partial charge in [-0.15, -0.1) is 0 Å². The molecule has 1 aliphatic carbocycles. The van der Waals surface area contributed by atoms with Crippen molar-refractivity contribution in [3.8, 4) is 5.75 Å². The first-order valence-electron chi connectivity index (χ1n) is 11.6. The molecule has 0 radical (unpaired) electrons. The number of nitrogens with two attached hydrogens (primary N) is 2. The maximum absolute atomic E-state index is 14.6. The van der Waals surface area contributed by atoms with E-state index in [4.69, 9.17) is 20.9 Å². The first-order chi connectivity index (χ1) is 16.9. The van der Waals surface area contributed by atoms with E-state index >= 15 is 0 Å². The normalized spacial score (nSPS) is 18.8. The summed E-state index contributed by atoms with van der Waals surface area (Å²) in [6, 6.07) is 10.6. The second-order valence-corrected chi connectivity index (χ2v) is 9.05. The summed E-state index contributed by atoms with van der Waals surface area (Å²) in [6.45, 7) is -0.00941. The Labute approximate surface area is 206 Å². The van der Waals surface area contributed by atoms with Crippen molar-refractivity contribution in [2.45, 2.75) is 57.4 Å². The van der Waals surface area contributed by atoms with Crippen molar-refractivity contribution in [3.05, 3.63) is 59.7 Å². The van der Waals surface area contributed by atoms with E-state index in [2.05, 4.69) is 0 Å². The first-order valence-corrected chi connectivity index (χ1v) is 11.6. The smallest absolute Gasteiger partial charge is 0.400 e. The van der Waals surface area contributed by atoms with Crippen LogP contribution < -0.4 is 16.2 Å². The van der Waals surface area contributed by atoms with Gasteiger partial charge in [0.05, 0.1) is 5.92 Å². The highest BCUT2D eigenvalue weighted by Crippen LogP contribution is 2.42. The van der Waals surface area contributed by atoms with Crippen molar-refractivity contribution in [2.75, 3.05) is 11.5 Å². The molecule has 1 saturated carbocycles. The van der Waals surface area contributed by atoms with Crippen molar-refractivity contribution in [1.82, 2.24) is 0 Å². The summed E-state index contributed by atoms with van der Waals surface area (Å²) >= 11 is 0. The summed E-state index contributed by atoms with van der Waals surface area (Å²) < 4.78 is 76.5. The molecule has 4 N–H and O–H groups in total. The minimum atomic E-state index is -4.22. The van der Waals surface area contributed by atoms with Gasteiger partial charge < -0.3 is 20.9 Å². The van der Waals surface area contributed by atoms with E-state index in [1.807, 2.05) is 0 Å². The van der Waals surface area contributed by atoms with Gasteiger partial charge in [-0.1, -0.05) is 12.1 Å². The second kappa shape index (κ2) is 11.6. The molecule has 0 saturated heterocycles. The highest BCUT2D eigenvalue weighted by atomic mass is 19.4. The van der Waals surface area contributed by atoms with Gasteiger partial charge in [-0.3, -0.25) is 0 Å². The third-order valence-corrected chi connectivity index (χ3v) is 6.12. The summed E-state index contributed by atoms with van der Waals surface area (Å²) in [7, 11) is 0. The van der Waals surface area contributed by atoms with Crippen molar-refractivity contribution < 1.29 is 36.2 Å². The molecule has 10 heteroatoms. The number of hydrogen-bond acceptors (Lipinski definition) is 5. The van der Waals surface area contributed by atoms with Gasteiger partial charge in [0.15, 0.2) is 0 Å². The fourth-order valence-corrected chi connectivity index (χ4v) is 4.24. The monoisotopic (exact) mass is 512 g/mol. The summed E-state index contributed by atoms with van der Waals surface area (Å²) in [4.78, 5) is 12.0. The van der Waals surface area contributed by atoms with E-state index in [9.17, 15) is 26.7 Å². The number of nitrogen functional groups attached to an aromatic ring is 2. The van der Waals surface area contributed by atoms with Crippen LogP contribution in [0.25, 0.3) is 6.08 Å². The molecule has 3 rings (SSSR count). The number of benzene rings is 2. The Morgan fingerprint density at radius 3 is 2.14 bits per heavy atom. The fraction of sp³-hybridized carbons (Fsp3) is 0.423. The summed E-state index contributed by atoms with van der Waals surface area (Å²) in [6.07, 6.45) is -5.02. The Bertz CT molecular complexity index is 1030. The van der Waals surface area contributed by atoms with Gasteiger partial charge in [0.2, 0.25) is 0 Å². The van der Waals surface area contributed by atoms with E-state index in [0.717, 1.165) is 0 Å². The van der Waals surface area contributed by atoms with Gasteiger partial charge >= 0.3 is 18.3 Å². The van der Waals surface area contributed by atoms with Gasteiger partial charge in [-0.2, -0.15) is 22.0 Å². The Morgan fingerprint density at radius 2 is 1.56 bits per heavy atom. The maximum Gasteiger partial charge on any atom is 0.400 e. The number of hydrogen-bond donors (Lipinski definition) is 2. The molecule has 0 aromatic heterocycles. The molecule has 0 bridgehead atoms. The lowest BCUT2D eigenvalue weighted by molar-refractivity contribution is -0.224. The van der Waals surface area contributed by atoms with Gasteiger partial charge in [0.25, 0.3) is 0 Å². The van der Waals surface area contributed by atoms with Gasteiger partial charge in [0, 0.05) is 23.9 Å². The predicted octanol–water partition coefficient (Wildman–Crippen LogP) is 6.73. The molecule has 0 heterocycles. The van der Waals surface area contributed by atoms with Crippen LogP contribution in [0.2, 0.25) is 0 Å². The highest BCUT2D eigenvalue weighted by Gasteiger charge is 2.44. The quantitative estimate of drug-likeness (QED) is 0.168. The van der Waals surface area contributed by atoms with Crippen molar-refractivity contribution >= 4 is 23.4 Å². The number of esters is 1. The molecule has 1 aliphatic rings. The van der Waals surface area contributed by atoms with Crippen LogP contribution in [0.1, 0.15) is 49.7 Å². The molecule has 5 nitrogen and oxygen atoms in total. The average molecular weight is 513 g/mol. The van der Waals surface area contributed by atoms with E-state index in [0.29, 0.717) is 35.3 Å². The van der Waals surface area contributed by atoms with Crippen LogP contribution in [0, 0.1) is 11.8 Å². The van der Waals surface area contributed by atoms with Crippen LogP contribution in [0.3, 0.4) is 0 Å². The fourth-order valence-electron chi connectivity index (χ4n) is 4.24. The lowest BCUT2D eigenvalue weighted by atomic mass is 9.79. The van der Waals surface area contributed by atoms with Gasteiger partial charge in [-0.05, 0) is 85.6 Å². The lowest BCUT2D eigenvalue weighted by Gasteiger charge is -2.33. The first kappa shape index (κ1) is 27.3. The molecule has 36 heavy (non-hydrogen) atoms. The topological polar surface area (TPSA) is 87.6 Å². The zero-order valence-electron chi connectivity index (χ0n) is 19.6. The third kappa shape index (κ3) is 8.73. The largest absolute Gasteiger partial charge is 0.458 e. The zero-order valence-corrected chi connectivity index (χ0v) is 19.6. The van der Waals surface area contributed by atoms with Crippen LogP contribution >= 0.6 is 0 Å². The maximum atomic E-state index is 14.6. The Morgan fingerprint density at radius 1 is 0.944 bits per heavy atom. The average Bonchev–Trinajstić information content (AvgIpc) is 2.80. The number of carbonyl (C=O) groups excluding carboxylic acids is 1. The summed E-state index contributed by atoms with van der Waals surface area (Å²) in [5.41, 5.74) is 13.5. The molecular formula is C26H29F5N2O3. The second-order valence-electron chi connectivity index (χ2n) is 9.05. The van der Waals surface area contributed by atoms with Crippen LogP contribution in [0.4, 0.5) is 33.3 Å². The molecule has 196 valence electrons. The van der Waals surface area contributed by atoms with E-state index in [1.54, 1.807) is 18.2 Å². The predicted molar refractivity (Wildman–Crippen MR) is 127 cm³/mol. The number of rotatable bonds is 9. The molecule has 1 fully saturated rings. The van der Waals surface area contributed by atoms with Crippen LogP contribution in [0.5, 0.6) is 5.75 Å². The Balaban J connectivity index is 1.46. The molecular weight excluding hydrogens is 483 g/mol. The third-order valence-electron chi connectivity index (χ3n) is 6.12.